The maximum Gasteiger partial charge on any atom is 0.271 e. The third-order valence-electron chi connectivity index (χ3n) is 3.76. The molecule has 0 bridgehead atoms. The summed E-state index contributed by atoms with van der Waals surface area (Å²) in [7, 11) is 1.97. The van der Waals surface area contributed by atoms with E-state index in [9.17, 15) is 9.59 Å². The molecule has 2 aromatic carbocycles. The molecule has 0 spiro atoms. The molecular weight excluding hydrogens is 316 g/mol. The number of rotatable bonds is 4. The maximum atomic E-state index is 12.1. The molecule has 0 saturated heterocycles. The van der Waals surface area contributed by atoms with Crippen molar-refractivity contribution in [3.63, 3.8) is 0 Å². The van der Waals surface area contributed by atoms with Crippen LogP contribution in [-0.2, 0) is 11.8 Å². The van der Waals surface area contributed by atoms with Gasteiger partial charge in [0.25, 0.3) is 5.91 Å². The number of aromatic nitrogens is 1. The van der Waals surface area contributed by atoms with Crippen molar-refractivity contribution >= 4 is 34.6 Å². The fourth-order valence-electron chi connectivity index (χ4n) is 2.61. The Morgan fingerprint density at radius 2 is 1.80 bits per heavy atom. The van der Waals surface area contributed by atoms with E-state index in [1.807, 2.05) is 42.1 Å². The number of hydrogen-bond acceptors (Lipinski definition) is 3. The normalized spacial score (nSPS) is 11.0. The van der Waals surface area contributed by atoms with Crippen LogP contribution in [0.3, 0.4) is 0 Å². The van der Waals surface area contributed by atoms with Gasteiger partial charge in [0.15, 0.2) is 0 Å². The first kappa shape index (κ1) is 16.4. The van der Waals surface area contributed by atoms with E-state index in [-0.39, 0.29) is 11.8 Å². The largest absolute Gasteiger partial charge is 0.350 e. The third kappa shape index (κ3) is 3.74. The summed E-state index contributed by atoms with van der Waals surface area (Å²) >= 11 is 0. The first-order chi connectivity index (χ1) is 12.0. The molecule has 25 heavy (non-hydrogen) atoms. The minimum Gasteiger partial charge on any atom is -0.350 e. The Kier molecular flexibility index (Phi) is 4.61. The SMILES string of the molecule is CC(=O)Nc1ccc(C(=O)NN=Cc2cn(C)c3ccccc23)cc1. The van der Waals surface area contributed by atoms with Gasteiger partial charge in [-0.25, -0.2) is 5.43 Å². The lowest BCUT2D eigenvalue weighted by molar-refractivity contribution is -0.114. The van der Waals surface area contributed by atoms with Crippen LogP contribution >= 0.6 is 0 Å². The number of anilines is 1. The lowest BCUT2D eigenvalue weighted by atomic mass is 10.2. The molecule has 1 heterocycles. The predicted octanol–water partition coefficient (Wildman–Crippen LogP) is 2.90. The third-order valence-corrected chi connectivity index (χ3v) is 3.76. The lowest BCUT2D eigenvalue weighted by Gasteiger charge is -2.03. The number of hydrazone groups is 1. The highest BCUT2D eigenvalue weighted by Gasteiger charge is 2.06. The van der Waals surface area contributed by atoms with Crippen LogP contribution in [0.5, 0.6) is 0 Å². The Labute approximate surface area is 145 Å². The van der Waals surface area contributed by atoms with E-state index < -0.39 is 0 Å². The maximum absolute atomic E-state index is 12.1. The molecule has 0 saturated carbocycles. The van der Waals surface area contributed by atoms with Crippen LogP contribution in [0.4, 0.5) is 5.69 Å². The van der Waals surface area contributed by atoms with Crippen molar-refractivity contribution in [3.8, 4) is 0 Å². The minimum absolute atomic E-state index is 0.156. The predicted molar refractivity (Wildman–Crippen MR) is 98.7 cm³/mol. The first-order valence-corrected chi connectivity index (χ1v) is 7.80. The van der Waals surface area contributed by atoms with Gasteiger partial charge in [-0.15, -0.1) is 0 Å². The number of carbonyl (C=O) groups excluding carboxylic acids is 2. The molecule has 2 N–H and O–H groups in total. The summed E-state index contributed by atoms with van der Waals surface area (Å²) in [6, 6.07) is 14.6. The Balaban J connectivity index is 1.69. The number of nitrogens with zero attached hydrogens (tertiary/aromatic N) is 2. The van der Waals surface area contributed by atoms with Crippen molar-refractivity contribution < 1.29 is 9.59 Å². The molecule has 6 heteroatoms. The zero-order valence-electron chi connectivity index (χ0n) is 14.0. The van der Waals surface area contributed by atoms with Crippen LogP contribution in [0.15, 0.2) is 59.8 Å². The molecule has 0 aliphatic rings. The minimum atomic E-state index is -0.314. The van der Waals surface area contributed by atoms with E-state index in [0.29, 0.717) is 11.3 Å². The van der Waals surface area contributed by atoms with E-state index in [1.165, 1.54) is 6.92 Å². The fourth-order valence-corrected chi connectivity index (χ4v) is 2.61. The molecule has 1 aromatic heterocycles. The van der Waals surface area contributed by atoms with Crippen LogP contribution in [0.25, 0.3) is 10.9 Å². The number of nitrogens with one attached hydrogen (secondary N) is 2. The molecule has 6 nitrogen and oxygen atoms in total. The lowest BCUT2D eigenvalue weighted by Crippen LogP contribution is -2.17. The summed E-state index contributed by atoms with van der Waals surface area (Å²) in [5.41, 5.74) is 5.65. The van der Waals surface area contributed by atoms with Gasteiger partial charge in [0.2, 0.25) is 5.91 Å². The van der Waals surface area contributed by atoms with Crippen LogP contribution < -0.4 is 10.7 Å². The molecule has 3 aromatic rings. The quantitative estimate of drug-likeness (QED) is 0.568. The van der Waals surface area contributed by atoms with Crippen molar-refractivity contribution in [1.29, 1.82) is 0 Å². The van der Waals surface area contributed by atoms with Gasteiger partial charge in [-0.1, -0.05) is 18.2 Å². The van der Waals surface area contributed by atoms with E-state index in [4.69, 9.17) is 0 Å². The fraction of sp³-hybridized carbons (Fsp3) is 0.105. The van der Waals surface area contributed by atoms with Crippen molar-refractivity contribution in [1.82, 2.24) is 9.99 Å². The van der Waals surface area contributed by atoms with Crippen LogP contribution in [0.2, 0.25) is 0 Å². The molecule has 2 amide bonds. The second-order valence-electron chi connectivity index (χ2n) is 5.67. The Bertz CT molecular complexity index is 955. The number of aryl methyl sites for hydroxylation is 1. The van der Waals surface area contributed by atoms with Gasteiger partial charge in [0.05, 0.1) is 6.21 Å². The van der Waals surface area contributed by atoms with Crippen LogP contribution in [-0.4, -0.2) is 22.6 Å². The zero-order chi connectivity index (χ0) is 17.8. The van der Waals surface area contributed by atoms with Gasteiger partial charge >= 0.3 is 0 Å². The van der Waals surface area contributed by atoms with Gasteiger partial charge in [-0.3, -0.25) is 9.59 Å². The second kappa shape index (κ2) is 7.00. The van der Waals surface area contributed by atoms with Crippen molar-refractivity contribution in [3.05, 3.63) is 65.9 Å². The second-order valence-corrected chi connectivity index (χ2v) is 5.67. The Morgan fingerprint density at radius 1 is 1.08 bits per heavy atom. The number of fused-ring (bicyclic) bond motifs is 1. The highest BCUT2D eigenvalue weighted by molar-refractivity contribution is 6.00. The number of hydrogen-bond donors (Lipinski definition) is 2. The Hall–Kier alpha value is -3.41. The summed E-state index contributed by atoms with van der Waals surface area (Å²) in [5, 5.41) is 7.77. The number of benzene rings is 2. The summed E-state index contributed by atoms with van der Waals surface area (Å²) in [4.78, 5) is 23.1. The summed E-state index contributed by atoms with van der Waals surface area (Å²) in [6.07, 6.45) is 3.59. The molecule has 0 atom stereocenters. The van der Waals surface area contributed by atoms with Crippen LogP contribution in [0.1, 0.15) is 22.8 Å². The smallest absolute Gasteiger partial charge is 0.271 e. The Morgan fingerprint density at radius 3 is 2.52 bits per heavy atom. The van der Waals surface area contributed by atoms with E-state index in [2.05, 4.69) is 15.8 Å². The van der Waals surface area contributed by atoms with Crippen molar-refractivity contribution in [2.75, 3.05) is 5.32 Å². The zero-order valence-corrected chi connectivity index (χ0v) is 14.0. The molecule has 0 aliphatic heterocycles. The molecular formula is C19H18N4O2. The summed E-state index contributed by atoms with van der Waals surface area (Å²) < 4.78 is 2.01. The van der Waals surface area contributed by atoms with E-state index >= 15 is 0 Å². The molecule has 3 rings (SSSR count). The molecule has 0 unspecified atom stereocenters. The molecule has 0 fully saturated rings. The van der Waals surface area contributed by atoms with Gasteiger partial charge in [0, 0.05) is 47.9 Å². The average molecular weight is 334 g/mol. The van der Waals surface area contributed by atoms with E-state index in [0.717, 1.165) is 16.5 Å². The summed E-state index contributed by atoms with van der Waals surface area (Å²) in [5.74, 6) is -0.470. The number of amides is 2. The van der Waals surface area contributed by atoms with Gasteiger partial charge in [0.1, 0.15) is 0 Å². The number of para-hydroxylation sites is 1. The molecule has 0 aliphatic carbocycles. The molecule has 0 radical (unpaired) electrons. The van der Waals surface area contributed by atoms with Gasteiger partial charge in [-0.05, 0) is 30.3 Å². The van der Waals surface area contributed by atoms with Crippen molar-refractivity contribution in [2.45, 2.75) is 6.92 Å². The average Bonchev–Trinajstić information content (AvgIpc) is 2.91. The van der Waals surface area contributed by atoms with Gasteiger partial charge in [-0.2, -0.15) is 5.10 Å². The number of carbonyl (C=O) groups is 2. The topological polar surface area (TPSA) is 75.5 Å². The van der Waals surface area contributed by atoms with Gasteiger partial charge < -0.3 is 9.88 Å². The summed E-state index contributed by atoms with van der Waals surface area (Å²) in [6.45, 7) is 1.43. The highest BCUT2D eigenvalue weighted by atomic mass is 16.2. The standard InChI is InChI=1S/C19H18N4O2/c1-13(24)21-16-9-7-14(8-10-16)19(25)22-20-11-15-12-23(2)18-6-4-3-5-17(15)18/h3-12H,1-2H3,(H,21,24)(H,22,25). The molecule has 126 valence electrons. The van der Waals surface area contributed by atoms with Crippen LogP contribution in [0, 0.1) is 0 Å². The monoisotopic (exact) mass is 334 g/mol. The van der Waals surface area contributed by atoms with E-state index in [1.54, 1.807) is 30.5 Å². The van der Waals surface area contributed by atoms with Crippen molar-refractivity contribution in [2.24, 2.45) is 12.1 Å². The highest BCUT2D eigenvalue weighted by Crippen LogP contribution is 2.18. The first-order valence-electron chi connectivity index (χ1n) is 7.80.